The van der Waals surface area contributed by atoms with E-state index in [9.17, 15) is 14.7 Å². The fourth-order valence-electron chi connectivity index (χ4n) is 6.28. The van der Waals surface area contributed by atoms with Crippen LogP contribution in [0, 0.1) is 0 Å². The van der Waals surface area contributed by atoms with Gasteiger partial charge in [-0.1, -0.05) is 189 Å². The SMILES string of the molecule is CC/C=C\C/C=C\C/C=C\C/C=C\C/C=C\CCCCCCCCCCCCCC(=O)OC(CO)COC(=O)CCCCCCC/C=C\CCCCCCC. The molecule has 0 aliphatic rings. The summed E-state index contributed by atoms with van der Waals surface area (Å²) in [4.78, 5) is 24.3. The third-order valence-electron chi connectivity index (χ3n) is 9.73. The molecule has 0 bridgehead atoms. The number of unbranched alkanes of at least 4 members (excludes halogenated alkanes) is 21. The number of aliphatic hydroxyl groups is 1. The monoisotopic (exact) mass is 767 g/mol. The van der Waals surface area contributed by atoms with Crippen molar-refractivity contribution in [2.75, 3.05) is 13.2 Å². The van der Waals surface area contributed by atoms with Crippen LogP contribution < -0.4 is 0 Å². The van der Waals surface area contributed by atoms with Crippen LogP contribution in [0.3, 0.4) is 0 Å². The molecule has 1 unspecified atom stereocenters. The van der Waals surface area contributed by atoms with Crippen molar-refractivity contribution in [3.63, 3.8) is 0 Å². The van der Waals surface area contributed by atoms with Gasteiger partial charge < -0.3 is 14.6 Å². The van der Waals surface area contributed by atoms with Crippen molar-refractivity contribution >= 4 is 11.9 Å². The quantitative estimate of drug-likeness (QED) is 0.0381. The molecule has 0 aromatic carbocycles. The summed E-state index contributed by atoms with van der Waals surface area (Å²) in [5.74, 6) is -0.605. The van der Waals surface area contributed by atoms with Gasteiger partial charge in [0.15, 0.2) is 6.10 Å². The van der Waals surface area contributed by atoms with Crippen LogP contribution in [0.15, 0.2) is 72.9 Å². The Hall–Kier alpha value is -2.66. The molecule has 1 atom stereocenters. The summed E-state index contributed by atoms with van der Waals surface area (Å²) in [5.41, 5.74) is 0. The second-order valence-corrected chi connectivity index (χ2v) is 15.1. The van der Waals surface area contributed by atoms with Gasteiger partial charge in [-0.05, 0) is 83.5 Å². The number of esters is 2. The fourth-order valence-corrected chi connectivity index (χ4v) is 6.28. The van der Waals surface area contributed by atoms with Crippen molar-refractivity contribution in [3.8, 4) is 0 Å². The Morgan fingerprint density at radius 2 is 0.782 bits per heavy atom. The molecule has 1 N–H and O–H groups in total. The zero-order valence-electron chi connectivity index (χ0n) is 35.9. The van der Waals surface area contributed by atoms with E-state index in [0.717, 1.165) is 77.0 Å². The highest BCUT2D eigenvalue weighted by atomic mass is 16.6. The minimum absolute atomic E-state index is 0.0731. The minimum atomic E-state index is -0.779. The van der Waals surface area contributed by atoms with Crippen molar-refractivity contribution < 1.29 is 24.2 Å². The van der Waals surface area contributed by atoms with E-state index in [-0.39, 0.29) is 25.2 Å². The normalized spacial score (nSPS) is 12.9. The molecule has 0 saturated heterocycles. The van der Waals surface area contributed by atoms with Crippen LogP contribution in [0.1, 0.15) is 213 Å². The molecule has 0 aliphatic heterocycles. The summed E-state index contributed by atoms with van der Waals surface area (Å²) in [7, 11) is 0. The van der Waals surface area contributed by atoms with Crippen LogP contribution in [0.25, 0.3) is 0 Å². The number of carbonyl (C=O) groups is 2. The third-order valence-corrected chi connectivity index (χ3v) is 9.73. The van der Waals surface area contributed by atoms with Crippen molar-refractivity contribution in [1.82, 2.24) is 0 Å². The fraction of sp³-hybridized carbons (Fsp3) is 0.720. The molecule has 5 nitrogen and oxygen atoms in total. The van der Waals surface area contributed by atoms with E-state index in [1.807, 2.05) is 0 Å². The van der Waals surface area contributed by atoms with Crippen LogP contribution in [0.2, 0.25) is 0 Å². The van der Waals surface area contributed by atoms with Crippen molar-refractivity contribution in [1.29, 1.82) is 0 Å². The van der Waals surface area contributed by atoms with E-state index >= 15 is 0 Å². The maximum atomic E-state index is 12.2. The first-order chi connectivity index (χ1) is 27.1. The lowest BCUT2D eigenvalue weighted by molar-refractivity contribution is -0.161. The largest absolute Gasteiger partial charge is 0.462 e. The highest BCUT2D eigenvalue weighted by molar-refractivity contribution is 5.70. The first kappa shape index (κ1) is 52.3. The Labute approximate surface area is 340 Å². The van der Waals surface area contributed by atoms with Gasteiger partial charge in [-0.15, -0.1) is 0 Å². The lowest BCUT2D eigenvalue weighted by Crippen LogP contribution is -2.28. The maximum Gasteiger partial charge on any atom is 0.306 e. The maximum absolute atomic E-state index is 12.2. The van der Waals surface area contributed by atoms with Crippen LogP contribution in [-0.4, -0.2) is 36.4 Å². The third kappa shape index (κ3) is 43.9. The van der Waals surface area contributed by atoms with Crippen molar-refractivity contribution in [2.45, 2.75) is 219 Å². The molecule has 0 saturated carbocycles. The van der Waals surface area contributed by atoms with Gasteiger partial charge in [0, 0.05) is 12.8 Å². The number of ether oxygens (including phenoxy) is 2. The van der Waals surface area contributed by atoms with Gasteiger partial charge in [-0.25, -0.2) is 0 Å². The van der Waals surface area contributed by atoms with Crippen LogP contribution in [-0.2, 0) is 19.1 Å². The molecule has 0 rings (SSSR count). The highest BCUT2D eigenvalue weighted by Gasteiger charge is 2.16. The molecule has 316 valence electrons. The zero-order chi connectivity index (χ0) is 40.0. The Morgan fingerprint density at radius 1 is 0.436 bits per heavy atom. The predicted octanol–water partition coefficient (Wildman–Crippen LogP) is 14.9. The average Bonchev–Trinajstić information content (AvgIpc) is 3.19. The molecule has 5 heteroatoms. The molecule has 55 heavy (non-hydrogen) atoms. The van der Waals surface area contributed by atoms with Crippen LogP contribution in [0.4, 0.5) is 0 Å². The number of aliphatic hydroxyl groups excluding tert-OH is 1. The summed E-state index contributed by atoms with van der Waals surface area (Å²) in [5, 5.41) is 9.59. The molecule has 0 heterocycles. The Balaban J connectivity index is 3.54. The van der Waals surface area contributed by atoms with Crippen molar-refractivity contribution in [3.05, 3.63) is 72.9 Å². The van der Waals surface area contributed by atoms with E-state index < -0.39 is 6.10 Å². The predicted molar refractivity (Wildman–Crippen MR) is 237 cm³/mol. The topological polar surface area (TPSA) is 72.8 Å². The number of allylic oxidation sites excluding steroid dienone is 12. The summed E-state index contributed by atoms with van der Waals surface area (Å²) in [6.07, 6.45) is 61.2. The minimum Gasteiger partial charge on any atom is -0.462 e. The summed E-state index contributed by atoms with van der Waals surface area (Å²) in [6.45, 7) is 4.01. The van der Waals surface area contributed by atoms with Crippen LogP contribution >= 0.6 is 0 Å². The summed E-state index contributed by atoms with van der Waals surface area (Å²) in [6, 6.07) is 0. The molecule has 0 aliphatic carbocycles. The van der Waals surface area contributed by atoms with E-state index in [1.165, 1.54) is 109 Å². The van der Waals surface area contributed by atoms with Gasteiger partial charge in [0.05, 0.1) is 6.61 Å². The molecule has 0 spiro atoms. The van der Waals surface area contributed by atoms with Crippen molar-refractivity contribution in [2.24, 2.45) is 0 Å². The van der Waals surface area contributed by atoms with E-state index in [2.05, 4.69) is 86.8 Å². The molecule has 0 radical (unpaired) electrons. The second-order valence-electron chi connectivity index (χ2n) is 15.1. The van der Waals surface area contributed by atoms with E-state index in [4.69, 9.17) is 9.47 Å². The molecular formula is C50H86O5. The Kier molecular flexibility index (Phi) is 43.5. The zero-order valence-corrected chi connectivity index (χ0v) is 35.9. The first-order valence-corrected chi connectivity index (χ1v) is 23.0. The number of hydrogen-bond acceptors (Lipinski definition) is 5. The number of carbonyl (C=O) groups excluding carboxylic acids is 2. The molecule has 0 aromatic rings. The van der Waals surface area contributed by atoms with Gasteiger partial charge in [0.25, 0.3) is 0 Å². The number of rotatable bonds is 41. The van der Waals surface area contributed by atoms with Gasteiger partial charge in [0.1, 0.15) is 6.61 Å². The second kappa shape index (κ2) is 45.7. The lowest BCUT2D eigenvalue weighted by Gasteiger charge is -2.15. The van der Waals surface area contributed by atoms with E-state index in [0.29, 0.717) is 12.8 Å². The van der Waals surface area contributed by atoms with Gasteiger partial charge in [-0.3, -0.25) is 9.59 Å². The summed E-state index contributed by atoms with van der Waals surface area (Å²) >= 11 is 0. The number of hydrogen-bond donors (Lipinski definition) is 1. The molecule has 0 fully saturated rings. The standard InChI is InChI=1S/C50H86O5/c1-3-5-7-9-11-13-15-17-19-20-21-22-23-24-25-26-27-28-29-30-31-33-35-37-39-41-43-45-50(53)55-48(46-51)47-54-49(52)44-42-40-38-36-34-32-18-16-14-12-10-8-6-4-2/h5,7,11,13,16-19,21-22,24-25,48,51H,3-4,6,8-10,12,14-15,20,23,26-47H2,1-2H3/b7-5-,13-11-,18-16-,19-17-,22-21-,25-24-. The molecular weight excluding hydrogens is 681 g/mol. The molecule has 0 aromatic heterocycles. The van der Waals surface area contributed by atoms with Gasteiger partial charge in [0.2, 0.25) is 0 Å². The van der Waals surface area contributed by atoms with Crippen LogP contribution in [0.5, 0.6) is 0 Å². The Morgan fingerprint density at radius 3 is 1.20 bits per heavy atom. The molecule has 0 amide bonds. The Bertz CT molecular complexity index is 1000. The van der Waals surface area contributed by atoms with Gasteiger partial charge >= 0.3 is 11.9 Å². The summed E-state index contributed by atoms with van der Waals surface area (Å²) < 4.78 is 10.6. The lowest BCUT2D eigenvalue weighted by atomic mass is 10.0. The van der Waals surface area contributed by atoms with E-state index in [1.54, 1.807) is 0 Å². The van der Waals surface area contributed by atoms with Gasteiger partial charge in [-0.2, -0.15) is 0 Å². The average molecular weight is 767 g/mol. The first-order valence-electron chi connectivity index (χ1n) is 23.0. The highest BCUT2D eigenvalue weighted by Crippen LogP contribution is 2.14. The smallest absolute Gasteiger partial charge is 0.306 e.